The second kappa shape index (κ2) is 5.66. The summed E-state index contributed by atoms with van der Waals surface area (Å²) in [6.07, 6.45) is 1.50. The SMILES string of the molecule is Cc1cc(CCl)ccc1C(=O)N=CN(C)C. The van der Waals surface area contributed by atoms with Gasteiger partial charge in [-0.05, 0) is 24.1 Å². The molecule has 1 rings (SSSR count). The van der Waals surface area contributed by atoms with E-state index in [9.17, 15) is 4.79 Å². The van der Waals surface area contributed by atoms with E-state index in [1.807, 2.05) is 33.2 Å². The third kappa shape index (κ3) is 3.35. The highest BCUT2D eigenvalue weighted by atomic mass is 35.5. The highest BCUT2D eigenvalue weighted by molar-refractivity contribution is 6.17. The molecule has 0 bridgehead atoms. The number of aryl methyl sites for hydroxylation is 1. The second-order valence-electron chi connectivity index (χ2n) is 3.80. The van der Waals surface area contributed by atoms with Crippen molar-refractivity contribution in [3.05, 3.63) is 34.9 Å². The zero-order valence-electron chi connectivity index (χ0n) is 9.70. The van der Waals surface area contributed by atoms with Crippen LogP contribution in [-0.2, 0) is 5.88 Å². The van der Waals surface area contributed by atoms with Crippen molar-refractivity contribution in [3.63, 3.8) is 0 Å². The van der Waals surface area contributed by atoms with E-state index in [-0.39, 0.29) is 5.91 Å². The molecule has 0 fully saturated rings. The van der Waals surface area contributed by atoms with Gasteiger partial charge in [-0.25, -0.2) is 0 Å². The fraction of sp³-hybridized carbons (Fsp3) is 0.333. The minimum atomic E-state index is -0.229. The summed E-state index contributed by atoms with van der Waals surface area (Å²) in [6.45, 7) is 1.88. The zero-order chi connectivity index (χ0) is 12.1. The Morgan fingerprint density at radius 1 is 1.50 bits per heavy atom. The number of amides is 1. The molecule has 1 amide bonds. The molecule has 0 saturated heterocycles. The number of hydrogen-bond acceptors (Lipinski definition) is 1. The summed E-state index contributed by atoms with van der Waals surface area (Å²) in [7, 11) is 3.64. The quantitative estimate of drug-likeness (QED) is 0.460. The number of nitrogens with zero attached hydrogens (tertiary/aromatic N) is 2. The molecule has 0 aliphatic heterocycles. The van der Waals surface area contributed by atoms with Crippen LogP contribution in [0.4, 0.5) is 0 Å². The molecular formula is C12H15ClN2O. The number of hydrogen-bond donors (Lipinski definition) is 0. The van der Waals surface area contributed by atoms with E-state index in [1.54, 1.807) is 11.0 Å². The van der Waals surface area contributed by atoms with Gasteiger partial charge >= 0.3 is 0 Å². The van der Waals surface area contributed by atoms with Crippen LogP contribution in [-0.4, -0.2) is 31.2 Å². The maximum atomic E-state index is 11.7. The Labute approximate surface area is 101 Å². The molecule has 0 atom stereocenters. The van der Waals surface area contributed by atoms with Crippen molar-refractivity contribution in [2.75, 3.05) is 14.1 Å². The Hall–Kier alpha value is -1.35. The number of halogens is 1. The van der Waals surface area contributed by atoms with Gasteiger partial charge in [-0.1, -0.05) is 12.1 Å². The van der Waals surface area contributed by atoms with Gasteiger partial charge in [-0.2, -0.15) is 4.99 Å². The van der Waals surface area contributed by atoms with Crippen molar-refractivity contribution in [2.24, 2.45) is 4.99 Å². The topological polar surface area (TPSA) is 32.7 Å². The van der Waals surface area contributed by atoms with Gasteiger partial charge in [0.05, 0.1) is 6.34 Å². The number of alkyl halides is 1. The van der Waals surface area contributed by atoms with E-state index in [1.165, 1.54) is 6.34 Å². The summed E-state index contributed by atoms with van der Waals surface area (Å²) in [5.41, 5.74) is 2.53. The Bertz CT molecular complexity index is 413. The minimum Gasteiger partial charge on any atom is -0.369 e. The number of carbonyl (C=O) groups is 1. The van der Waals surface area contributed by atoms with Crippen molar-refractivity contribution < 1.29 is 4.79 Å². The molecule has 4 heteroatoms. The standard InChI is InChI=1S/C12H15ClN2O/c1-9-6-10(7-13)4-5-11(9)12(16)14-8-15(2)3/h4-6,8H,7H2,1-3H3. The first-order valence-corrected chi connectivity index (χ1v) is 5.48. The molecule has 1 aromatic rings. The van der Waals surface area contributed by atoms with Crippen LogP contribution in [0, 0.1) is 6.92 Å². The van der Waals surface area contributed by atoms with Crippen molar-refractivity contribution in [1.29, 1.82) is 0 Å². The predicted octanol–water partition coefficient (Wildman–Crippen LogP) is 2.46. The van der Waals surface area contributed by atoms with E-state index < -0.39 is 0 Å². The van der Waals surface area contributed by atoms with Crippen LogP contribution >= 0.6 is 11.6 Å². The Morgan fingerprint density at radius 3 is 2.69 bits per heavy atom. The highest BCUT2D eigenvalue weighted by Gasteiger charge is 2.07. The lowest BCUT2D eigenvalue weighted by atomic mass is 10.1. The first-order chi connectivity index (χ1) is 7.54. The van der Waals surface area contributed by atoms with Gasteiger partial charge in [-0.15, -0.1) is 11.6 Å². The molecule has 0 aliphatic carbocycles. The monoisotopic (exact) mass is 238 g/mol. The highest BCUT2D eigenvalue weighted by Crippen LogP contribution is 2.13. The number of aliphatic imine (C=N–C) groups is 1. The molecule has 1 aromatic carbocycles. The molecule has 0 aliphatic rings. The molecular weight excluding hydrogens is 224 g/mol. The fourth-order valence-corrected chi connectivity index (χ4v) is 1.45. The lowest BCUT2D eigenvalue weighted by molar-refractivity contribution is 0.100. The number of benzene rings is 1. The smallest absolute Gasteiger partial charge is 0.278 e. The Kier molecular flexibility index (Phi) is 4.50. The molecule has 3 nitrogen and oxygen atoms in total. The first kappa shape index (κ1) is 12.7. The Balaban J connectivity index is 2.92. The second-order valence-corrected chi connectivity index (χ2v) is 4.06. The predicted molar refractivity (Wildman–Crippen MR) is 67.2 cm³/mol. The third-order valence-electron chi connectivity index (χ3n) is 2.08. The molecule has 0 N–H and O–H groups in total. The Morgan fingerprint density at radius 2 is 2.19 bits per heavy atom. The van der Waals surface area contributed by atoms with Crippen molar-refractivity contribution in [2.45, 2.75) is 12.8 Å². The van der Waals surface area contributed by atoms with Gasteiger partial charge in [0.15, 0.2) is 0 Å². The van der Waals surface area contributed by atoms with Gasteiger partial charge in [0.25, 0.3) is 5.91 Å². The van der Waals surface area contributed by atoms with Crippen LogP contribution in [0.3, 0.4) is 0 Å². The average Bonchev–Trinajstić information content (AvgIpc) is 2.25. The number of carbonyl (C=O) groups excluding carboxylic acids is 1. The van der Waals surface area contributed by atoms with E-state index in [2.05, 4.69) is 4.99 Å². The third-order valence-corrected chi connectivity index (χ3v) is 2.39. The summed E-state index contributed by atoms with van der Waals surface area (Å²) in [5, 5.41) is 0. The van der Waals surface area contributed by atoms with Gasteiger partial charge < -0.3 is 4.90 Å². The fourth-order valence-electron chi connectivity index (χ4n) is 1.29. The van der Waals surface area contributed by atoms with E-state index in [4.69, 9.17) is 11.6 Å². The van der Waals surface area contributed by atoms with Crippen LogP contribution in [0.5, 0.6) is 0 Å². The molecule has 0 unspecified atom stereocenters. The van der Waals surface area contributed by atoms with Gasteiger partial charge in [0, 0.05) is 25.5 Å². The molecule has 86 valence electrons. The van der Waals surface area contributed by atoms with E-state index in [0.717, 1.165) is 11.1 Å². The molecule has 0 saturated carbocycles. The van der Waals surface area contributed by atoms with Crippen LogP contribution in [0.25, 0.3) is 0 Å². The molecule has 16 heavy (non-hydrogen) atoms. The summed E-state index contributed by atoms with van der Waals surface area (Å²) < 4.78 is 0. The van der Waals surface area contributed by atoms with Crippen molar-refractivity contribution in [1.82, 2.24) is 4.90 Å². The first-order valence-electron chi connectivity index (χ1n) is 4.95. The largest absolute Gasteiger partial charge is 0.369 e. The zero-order valence-corrected chi connectivity index (χ0v) is 10.5. The van der Waals surface area contributed by atoms with E-state index >= 15 is 0 Å². The summed E-state index contributed by atoms with van der Waals surface area (Å²) in [5.74, 6) is 0.225. The maximum Gasteiger partial charge on any atom is 0.278 e. The van der Waals surface area contributed by atoms with Crippen LogP contribution in [0.15, 0.2) is 23.2 Å². The summed E-state index contributed by atoms with van der Waals surface area (Å²) >= 11 is 5.71. The minimum absolute atomic E-state index is 0.229. The van der Waals surface area contributed by atoms with Crippen molar-refractivity contribution in [3.8, 4) is 0 Å². The average molecular weight is 239 g/mol. The number of rotatable bonds is 3. The molecule has 0 aromatic heterocycles. The van der Waals surface area contributed by atoms with Gasteiger partial charge in [-0.3, -0.25) is 4.79 Å². The normalized spacial score (nSPS) is 10.8. The maximum absolute atomic E-state index is 11.7. The van der Waals surface area contributed by atoms with Crippen LogP contribution in [0.2, 0.25) is 0 Å². The van der Waals surface area contributed by atoms with Crippen LogP contribution < -0.4 is 0 Å². The summed E-state index contributed by atoms with van der Waals surface area (Å²) in [6, 6.07) is 5.52. The summed E-state index contributed by atoms with van der Waals surface area (Å²) in [4.78, 5) is 17.3. The van der Waals surface area contributed by atoms with Gasteiger partial charge in [0.2, 0.25) is 0 Å². The molecule has 0 spiro atoms. The van der Waals surface area contributed by atoms with Crippen LogP contribution in [0.1, 0.15) is 21.5 Å². The van der Waals surface area contributed by atoms with E-state index in [0.29, 0.717) is 11.4 Å². The molecule has 0 radical (unpaired) electrons. The lowest BCUT2D eigenvalue weighted by Gasteiger charge is -2.05. The molecule has 0 heterocycles. The lowest BCUT2D eigenvalue weighted by Crippen LogP contribution is -2.10. The van der Waals surface area contributed by atoms with Crippen molar-refractivity contribution >= 4 is 23.8 Å². The van der Waals surface area contributed by atoms with Gasteiger partial charge in [0.1, 0.15) is 0 Å².